The van der Waals surface area contributed by atoms with Crippen LogP contribution >= 0.6 is 0 Å². The minimum absolute atomic E-state index is 0.0679. The molecule has 182 valence electrons. The van der Waals surface area contributed by atoms with E-state index >= 15 is 0 Å². The highest BCUT2D eigenvalue weighted by Crippen LogP contribution is 2.29. The van der Waals surface area contributed by atoms with Crippen LogP contribution in [-0.4, -0.2) is 56.2 Å². The van der Waals surface area contributed by atoms with Crippen molar-refractivity contribution in [2.45, 2.75) is 13.8 Å². The quantitative estimate of drug-likeness (QED) is 0.202. The number of hydrogen-bond acceptors (Lipinski definition) is 7. The molecular weight excluding hydrogens is 444 g/mol. The molecule has 1 aromatic heterocycles. The number of rotatable bonds is 8. The van der Waals surface area contributed by atoms with Crippen molar-refractivity contribution in [3.63, 3.8) is 0 Å². The van der Waals surface area contributed by atoms with Gasteiger partial charge in [-0.3, -0.25) is 0 Å². The van der Waals surface area contributed by atoms with E-state index in [1.807, 2.05) is 11.0 Å². The van der Waals surface area contributed by atoms with E-state index in [-0.39, 0.29) is 18.8 Å². The van der Waals surface area contributed by atoms with E-state index < -0.39 is 11.9 Å². The SMILES string of the molecule is CCOC(=O)C(=CN1CCN(c2cccc(-c3cccc(-c4ccoc4)c3)c2)CC1)C(=O)OCC. The summed E-state index contributed by atoms with van der Waals surface area (Å²) < 4.78 is 15.3. The normalized spacial score (nSPS) is 13.3. The largest absolute Gasteiger partial charge is 0.472 e. The third-order valence-electron chi connectivity index (χ3n) is 5.88. The fourth-order valence-corrected chi connectivity index (χ4v) is 4.09. The summed E-state index contributed by atoms with van der Waals surface area (Å²) in [4.78, 5) is 28.8. The highest BCUT2D eigenvalue weighted by Gasteiger charge is 2.24. The minimum atomic E-state index is -0.654. The number of hydrogen-bond donors (Lipinski definition) is 0. The summed E-state index contributed by atoms with van der Waals surface area (Å²) in [7, 11) is 0. The lowest BCUT2D eigenvalue weighted by Crippen LogP contribution is -2.44. The minimum Gasteiger partial charge on any atom is -0.472 e. The van der Waals surface area contributed by atoms with Gasteiger partial charge in [-0.2, -0.15) is 0 Å². The summed E-state index contributed by atoms with van der Waals surface area (Å²) in [6, 6.07) is 18.9. The molecule has 7 heteroatoms. The van der Waals surface area contributed by atoms with Crippen molar-refractivity contribution in [2.24, 2.45) is 0 Å². The second kappa shape index (κ2) is 11.4. The average Bonchev–Trinajstić information content (AvgIpc) is 3.43. The lowest BCUT2D eigenvalue weighted by atomic mass is 10.00. The molecule has 0 aliphatic carbocycles. The van der Waals surface area contributed by atoms with Gasteiger partial charge in [-0.15, -0.1) is 0 Å². The average molecular weight is 475 g/mol. The third kappa shape index (κ3) is 5.93. The lowest BCUT2D eigenvalue weighted by Gasteiger charge is -2.36. The Labute approximate surface area is 205 Å². The number of esters is 2. The van der Waals surface area contributed by atoms with Crippen LogP contribution in [0.15, 0.2) is 83.3 Å². The molecule has 0 unspecified atom stereocenters. The van der Waals surface area contributed by atoms with Gasteiger partial charge in [-0.05, 0) is 54.8 Å². The topological polar surface area (TPSA) is 72.2 Å². The van der Waals surface area contributed by atoms with E-state index in [1.54, 1.807) is 32.6 Å². The van der Waals surface area contributed by atoms with Crippen LogP contribution in [0.25, 0.3) is 22.3 Å². The summed E-state index contributed by atoms with van der Waals surface area (Å²) in [5.41, 5.74) is 5.51. The third-order valence-corrected chi connectivity index (χ3v) is 5.88. The number of anilines is 1. The highest BCUT2D eigenvalue weighted by atomic mass is 16.6. The highest BCUT2D eigenvalue weighted by molar-refractivity contribution is 6.13. The van der Waals surface area contributed by atoms with Gasteiger partial charge in [0, 0.05) is 43.6 Å². The summed E-state index contributed by atoms with van der Waals surface area (Å²) in [6.07, 6.45) is 5.00. The summed E-state index contributed by atoms with van der Waals surface area (Å²) in [5.74, 6) is -1.31. The second-order valence-electron chi connectivity index (χ2n) is 8.15. The molecule has 0 radical (unpaired) electrons. The molecule has 1 fully saturated rings. The lowest BCUT2D eigenvalue weighted by molar-refractivity contribution is -0.146. The van der Waals surface area contributed by atoms with Crippen LogP contribution in [0.3, 0.4) is 0 Å². The molecule has 0 N–H and O–H groups in total. The van der Waals surface area contributed by atoms with E-state index in [4.69, 9.17) is 13.9 Å². The molecule has 35 heavy (non-hydrogen) atoms. The van der Waals surface area contributed by atoms with Crippen LogP contribution in [-0.2, 0) is 19.1 Å². The maximum absolute atomic E-state index is 12.3. The van der Waals surface area contributed by atoms with E-state index in [2.05, 4.69) is 53.4 Å². The first kappa shape index (κ1) is 24.1. The van der Waals surface area contributed by atoms with Gasteiger partial charge in [0.15, 0.2) is 5.57 Å². The van der Waals surface area contributed by atoms with E-state index in [0.717, 1.165) is 41.0 Å². The predicted octanol–water partition coefficient (Wildman–Crippen LogP) is 4.75. The van der Waals surface area contributed by atoms with Crippen LogP contribution in [0.5, 0.6) is 0 Å². The maximum atomic E-state index is 12.3. The van der Waals surface area contributed by atoms with Crippen molar-refractivity contribution in [1.82, 2.24) is 4.90 Å². The molecule has 2 aromatic carbocycles. The fourth-order valence-electron chi connectivity index (χ4n) is 4.09. The molecule has 0 bridgehead atoms. The number of carbonyl (C=O) groups excluding carboxylic acids is 2. The molecule has 0 saturated carbocycles. The van der Waals surface area contributed by atoms with Crippen LogP contribution in [0, 0.1) is 0 Å². The Kier molecular flexibility index (Phi) is 7.88. The Hall–Kier alpha value is -4.00. The molecule has 3 aromatic rings. The van der Waals surface area contributed by atoms with Gasteiger partial charge >= 0.3 is 11.9 Å². The standard InChI is InChI=1S/C28H30N2O5/c1-3-34-27(31)26(28(32)35-4-2)19-29-12-14-30(15-13-29)25-10-6-9-23(18-25)21-7-5-8-22(17-21)24-11-16-33-20-24/h5-11,16-20H,3-4,12-15H2,1-2H3. The summed E-state index contributed by atoms with van der Waals surface area (Å²) >= 11 is 0. The first-order valence-electron chi connectivity index (χ1n) is 11.9. The maximum Gasteiger partial charge on any atom is 0.347 e. The molecule has 1 aliphatic rings. The number of nitrogens with zero attached hydrogens (tertiary/aromatic N) is 2. The first-order chi connectivity index (χ1) is 17.1. The van der Waals surface area contributed by atoms with Gasteiger partial charge in [0.1, 0.15) is 0 Å². The number of carbonyl (C=O) groups is 2. The van der Waals surface area contributed by atoms with Crippen LogP contribution in [0.4, 0.5) is 5.69 Å². The monoisotopic (exact) mass is 474 g/mol. The Morgan fingerprint density at radius 2 is 1.43 bits per heavy atom. The van der Waals surface area contributed by atoms with Crippen LogP contribution in [0.2, 0.25) is 0 Å². The second-order valence-corrected chi connectivity index (χ2v) is 8.15. The van der Waals surface area contributed by atoms with Crippen molar-refractivity contribution in [1.29, 1.82) is 0 Å². The van der Waals surface area contributed by atoms with Crippen molar-refractivity contribution in [3.05, 3.63) is 78.9 Å². The Bertz CT molecular complexity index is 1160. The van der Waals surface area contributed by atoms with Gasteiger partial charge in [0.2, 0.25) is 0 Å². The number of furan rings is 1. The fraction of sp³-hybridized carbons (Fsp3) is 0.286. The van der Waals surface area contributed by atoms with Crippen LogP contribution in [0.1, 0.15) is 13.8 Å². The molecule has 0 atom stereocenters. The van der Waals surface area contributed by atoms with E-state index in [9.17, 15) is 9.59 Å². The molecule has 4 rings (SSSR count). The first-order valence-corrected chi connectivity index (χ1v) is 11.9. The van der Waals surface area contributed by atoms with Gasteiger partial charge < -0.3 is 23.7 Å². The molecule has 7 nitrogen and oxygen atoms in total. The summed E-state index contributed by atoms with van der Waals surface area (Å²) in [6.45, 7) is 6.67. The Morgan fingerprint density at radius 1 is 0.829 bits per heavy atom. The molecule has 1 saturated heterocycles. The van der Waals surface area contributed by atoms with Crippen molar-refractivity contribution in [3.8, 4) is 22.3 Å². The number of ether oxygens (including phenoxy) is 2. The molecule has 1 aliphatic heterocycles. The van der Waals surface area contributed by atoms with Crippen molar-refractivity contribution in [2.75, 3.05) is 44.3 Å². The summed E-state index contributed by atoms with van der Waals surface area (Å²) in [5, 5.41) is 0. The van der Waals surface area contributed by atoms with Crippen molar-refractivity contribution < 1.29 is 23.5 Å². The molecule has 0 amide bonds. The van der Waals surface area contributed by atoms with Gasteiger partial charge in [0.05, 0.1) is 25.7 Å². The smallest absolute Gasteiger partial charge is 0.347 e. The Balaban J connectivity index is 1.46. The van der Waals surface area contributed by atoms with Gasteiger partial charge in [-0.1, -0.05) is 30.3 Å². The Morgan fingerprint density at radius 3 is 2.03 bits per heavy atom. The van der Waals surface area contributed by atoms with Crippen LogP contribution < -0.4 is 4.90 Å². The molecule has 2 heterocycles. The zero-order valence-corrected chi connectivity index (χ0v) is 20.1. The van der Waals surface area contributed by atoms with Gasteiger partial charge in [-0.25, -0.2) is 9.59 Å². The molecule has 0 spiro atoms. The van der Waals surface area contributed by atoms with E-state index in [0.29, 0.717) is 13.1 Å². The predicted molar refractivity (Wildman–Crippen MR) is 135 cm³/mol. The number of benzene rings is 2. The zero-order chi connectivity index (χ0) is 24.6. The van der Waals surface area contributed by atoms with E-state index in [1.165, 1.54) is 0 Å². The molecular formula is C28H30N2O5. The zero-order valence-electron chi connectivity index (χ0n) is 20.1. The van der Waals surface area contributed by atoms with Crippen molar-refractivity contribution >= 4 is 17.6 Å². The van der Waals surface area contributed by atoms with Gasteiger partial charge in [0.25, 0.3) is 0 Å². The number of piperazine rings is 1.